The second-order valence-electron chi connectivity index (χ2n) is 5.13. The van der Waals surface area contributed by atoms with Crippen molar-refractivity contribution in [3.05, 3.63) is 41.2 Å². The highest BCUT2D eigenvalue weighted by molar-refractivity contribution is 6.30. The Kier molecular flexibility index (Phi) is 7.47. The van der Waals surface area contributed by atoms with Gasteiger partial charge in [0.05, 0.1) is 12.7 Å². The van der Waals surface area contributed by atoms with Gasteiger partial charge in [-0.1, -0.05) is 17.7 Å². The van der Waals surface area contributed by atoms with Crippen LogP contribution in [0.3, 0.4) is 0 Å². The zero-order chi connectivity index (χ0) is 16.6. The molecule has 1 aromatic rings. The molecule has 6 N–H and O–H groups in total. The number of ether oxygens (including phenoxy) is 1. The highest BCUT2D eigenvalue weighted by Gasteiger charge is 2.33. The van der Waals surface area contributed by atoms with Crippen molar-refractivity contribution in [1.82, 2.24) is 10.3 Å². The predicted molar refractivity (Wildman–Crippen MR) is 89.3 cm³/mol. The van der Waals surface area contributed by atoms with Gasteiger partial charge in [0.1, 0.15) is 5.75 Å². The maximum Gasteiger partial charge on any atom is 0.126 e. The molecule has 7 heteroatoms. The van der Waals surface area contributed by atoms with Crippen LogP contribution in [0.15, 0.2) is 30.6 Å². The minimum atomic E-state index is -0.790. The number of nitrogens with one attached hydrogen (secondary N) is 1. The molecule has 0 unspecified atom stereocenters. The Balaban J connectivity index is 0.000000346. The van der Waals surface area contributed by atoms with Crippen molar-refractivity contribution in [2.75, 3.05) is 27.2 Å². The van der Waals surface area contributed by atoms with Crippen LogP contribution in [-0.4, -0.2) is 37.4 Å². The molecule has 1 aliphatic heterocycles. The standard InChI is InChI=1S/C12H16ClNO2.C3H9N3/c1-16-11-8-9(13)2-3-10(11)12(15)4-6-14-7-5-12;1-6(5)3-2-4/h2-3,8,14-15H,4-7H2,1H3;2-3H,4-5H2,1H3/b;3-2-. The largest absolute Gasteiger partial charge is 0.496 e. The zero-order valence-corrected chi connectivity index (χ0v) is 13.8. The molecule has 0 atom stereocenters. The van der Waals surface area contributed by atoms with Gasteiger partial charge in [-0.3, -0.25) is 0 Å². The third kappa shape index (κ3) is 5.38. The first-order valence-electron chi connectivity index (χ1n) is 7.06. The first-order valence-corrected chi connectivity index (χ1v) is 7.44. The van der Waals surface area contributed by atoms with Gasteiger partial charge in [0.25, 0.3) is 0 Å². The lowest BCUT2D eigenvalue weighted by Gasteiger charge is -2.34. The van der Waals surface area contributed by atoms with Crippen LogP contribution in [0.1, 0.15) is 18.4 Å². The van der Waals surface area contributed by atoms with Crippen molar-refractivity contribution in [2.45, 2.75) is 18.4 Å². The Morgan fingerprint density at radius 1 is 1.41 bits per heavy atom. The molecule has 0 aliphatic carbocycles. The number of rotatable bonds is 3. The fourth-order valence-corrected chi connectivity index (χ4v) is 2.46. The van der Waals surface area contributed by atoms with Crippen LogP contribution >= 0.6 is 11.6 Å². The van der Waals surface area contributed by atoms with Gasteiger partial charge in [-0.05, 0) is 38.1 Å². The van der Waals surface area contributed by atoms with E-state index in [1.807, 2.05) is 6.07 Å². The number of piperidine rings is 1. The molecule has 1 heterocycles. The molecule has 1 fully saturated rings. The Hall–Kier alpha value is -1.47. The summed E-state index contributed by atoms with van der Waals surface area (Å²) in [7, 11) is 3.29. The average Bonchev–Trinajstić information content (AvgIpc) is 2.48. The van der Waals surface area contributed by atoms with Crippen molar-refractivity contribution in [1.29, 1.82) is 0 Å². The van der Waals surface area contributed by atoms with Crippen molar-refractivity contribution < 1.29 is 9.84 Å². The molecule has 6 nitrogen and oxygen atoms in total. The van der Waals surface area contributed by atoms with E-state index in [-0.39, 0.29) is 0 Å². The zero-order valence-electron chi connectivity index (χ0n) is 13.1. The maximum absolute atomic E-state index is 10.6. The van der Waals surface area contributed by atoms with Crippen LogP contribution in [0.4, 0.5) is 0 Å². The molecule has 0 aromatic heterocycles. The van der Waals surface area contributed by atoms with E-state index >= 15 is 0 Å². The van der Waals surface area contributed by atoms with E-state index in [9.17, 15) is 5.11 Å². The van der Waals surface area contributed by atoms with Crippen molar-refractivity contribution in [3.63, 3.8) is 0 Å². The molecule has 2 rings (SSSR count). The molecule has 0 bridgehead atoms. The lowest BCUT2D eigenvalue weighted by molar-refractivity contribution is 0.00393. The molecule has 0 spiro atoms. The molecule has 0 radical (unpaired) electrons. The van der Waals surface area contributed by atoms with E-state index < -0.39 is 5.60 Å². The number of hydrazine groups is 1. The number of hydrogen-bond acceptors (Lipinski definition) is 6. The normalized spacial score (nSPS) is 16.8. The third-order valence-corrected chi connectivity index (χ3v) is 3.65. The molecule has 1 aromatic carbocycles. The minimum Gasteiger partial charge on any atom is -0.496 e. The van der Waals surface area contributed by atoms with Gasteiger partial charge >= 0.3 is 0 Å². The fraction of sp³-hybridized carbons (Fsp3) is 0.467. The van der Waals surface area contributed by atoms with Crippen LogP contribution < -0.4 is 21.6 Å². The molecule has 1 aliphatic rings. The number of hydrogen-bond donors (Lipinski definition) is 4. The summed E-state index contributed by atoms with van der Waals surface area (Å²) < 4.78 is 5.28. The fourth-order valence-electron chi connectivity index (χ4n) is 2.29. The van der Waals surface area contributed by atoms with E-state index in [0.29, 0.717) is 23.6 Å². The minimum absolute atomic E-state index is 0.623. The first kappa shape index (κ1) is 18.6. The number of methoxy groups -OCH3 is 1. The molecule has 22 heavy (non-hydrogen) atoms. The summed E-state index contributed by atoms with van der Waals surface area (Å²) in [5.74, 6) is 5.73. The molecular weight excluding hydrogens is 304 g/mol. The maximum atomic E-state index is 10.6. The van der Waals surface area contributed by atoms with Crippen LogP contribution in [-0.2, 0) is 5.60 Å². The van der Waals surface area contributed by atoms with E-state index in [4.69, 9.17) is 27.9 Å². The first-order chi connectivity index (χ1) is 10.4. The summed E-state index contributed by atoms with van der Waals surface area (Å²) in [6.45, 7) is 1.64. The highest BCUT2D eigenvalue weighted by atomic mass is 35.5. The quantitative estimate of drug-likeness (QED) is 0.491. The van der Waals surface area contributed by atoms with Gasteiger partial charge in [-0.25, -0.2) is 5.84 Å². The van der Waals surface area contributed by atoms with E-state index in [1.54, 1.807) is 32.5 Å². The summed E-state index contributed by atoms with van der Waals surface area (Å²) >= 11 is 5.91. The van der Waals surface area contributed by atoms with Gasteiger partial charge in [-0.15, -0.1) is 0 Å². The third-order valence-electron chi connectivity index (χ3n) is 3.42. The Morgan fingerprint density at radius 2 is 2.05 bits per heavy atom. The van der Waals surface area contributed by atoms with E-state index in [2.05, 4.69) is 5.32 Å². The second-order valence-corrected chi connectivity index (χ2v) is 5.57. The predicted octanol–water partition coefficient (Wildman–Crippen LogP) is 1.14. The number of halogens is 1. The second kappa shape index (κ2) is 8.85. The lowest BCUT2D eigenvalue weighted by Crippen LogP contribution is -2.39. The number of nitrogens with zero attached hydrogens (tertiary/aromatic N) is 1. The van der Waals surface area contributed by atoms with Gasteiger partial charge in [0.2, 0.25) is 0 Å². The van der Waals surface area contributed by atoms with Crippen molar-refractivity contribution in [3.8, 4) is 5.75 Å². The summed E-state index contributed by atoms with van der Waals surface area (Å²) in [6.07, 6.45) is 4.33. The lowest BCUT2D eigenvalue weighted by atomic mass is 9.84. The van der Waals surface area contributed by atoms with Gasteiger partial charge < -0.3 is 25.9 Å². The Labute approximate surface area is 136 Å². The van der Waals surface area contributed by atoms with Crippen LogP contribution in [0.25, 0.3) is 0 Å². The number of aliphatic hydroxyl groups is 1. The Morgan fingerprint density at radius 3 is 2.50 bits per heavy atom. The summed E-state index contributed by atoms with van der Waals surface area (Å²) in [5.41, 5.74) is 4.97. The molecule has 0 saturated carbocycles. The van der Waals surface area contributed by atoms with Crippen LogP contribution in [0.2, 0.25) is 5.02 Å². The molecule has 0 amide bonds. The van der Waals surface area contributed by atoms with Gasteiger partial charge in [0.15, 0.2) is 0 Å². The SMILES string of the molecule is CN(N)/C=C\N.COc1cc(Cl)ccc1C1(O)CCNCC1. The molecule has 124 valence electrons. The number of nitrogens with two attached hydrogens (primary N) is 2. The monoisotopic (exact) mass is 328 g/mol. The van der Waals surface area contributed by atoms with Gasteiger partial charge in [0, 0.05) is 30.0 Å². The molecular formula is C15H25ClN4O2. The van der Waals surface area contributed by atoms with Crippen molar-refractivity contribution >= 4 is 11.6 Å². The van der Waals surface area contributed by atoms with Crippen LogP contribution in [0, 0.1) is 0 Å². The number of benzene rings is 1. The smallest absolute Gasteiger partial charge is 0.126 e. The summed E-state index contributed by atoms with van der Waals surface area (Å²) in [5, 5.41) is 15.8. The summed E-state index contributed by atoms with van der Waals surface area (Å²) in [4.78, 5) is 0. The topological polar surface area (TPSA) is 96.8 Å². The Bertz CT molecular complexity index is 488. The van der Waals surface area contributed by atoms with E-state index in [0.717, 1.165) is 18.7 Å². The van der Waals surface area contributed by atoms with Crippen molar-refractivity contribution in [2.24, 2.45) is 11.6 Å². The summed E-state index contributed by atoms with van der Waals surface area (Å²) in [6, 6.07) is 5.39. The highest BCUT2D eigenvalue weighted by Crippen LogP contribution is 2.37. The van der Waals surface area contributed by atoms with Crippen LogP contribution in [0.5, 0.6) is 5.75 Å². The molecule has 1 saturated heterocycles. The van der Waals surface area contributed by atoms with E-state index in [1.165, 1.54) is 11.2 Å². The van der Waals surface area contributed by atoms with Gasteiger partial charge in [-0.2, -0.15) is 0 Å². The average molecular weight is 329 g/mol.